The Labute approximate surface area is 157 Å². The largest absolute Gasteiger partial charge is 0.467 e. The number of carbonyl (C=O) groups excluding carboxylic acids is 2. The predicted octanol–water partition coefficient (Wildman–Crippen LogP) is 2.06. The first kappa shape index (κ1) is 18.8. The molecule has 2 unspecified atom stereocenters. The molecule has 2 aromatic rings. The van der Waals surface area contributed by atoms with Gasteiger partial charge in [-0.2, -0.15) is 4.80 Å². The van der Waals surface area contributed by atoms with Gasteiger partial charge in [0, 0.05) is 18.5 Å². The van der Waals surface area contributed by atoms with Gasteiger partial charge in [0.2, 0.25) is 5.82 Å². The monoisotopic (exact) mass is 373 g/mol. The first-order chi connectivity index (χ1) is 12.8. The number of likely N-dealkylation sites (tertiary alicyclic amines) is 1. The molecular weight excluding hydrogens is 350 g/mol. The molecule has 0 spiro atoms. The van der Waals surface area contributed by atoms with Crippen LogP contribution in [-0.4, -0.2) is 62.5 Å². The van der Waals surface area contributed by atoms with Crippen molar-refractivity contribution < 1.29 is 19.1 Å². The first-order valence-corrected chi connectivity index (χ1v) is 8.71. The van der Waals surface area contributed by atoms with E-state index in [4.69, 9.17) is 9.47 Å². The van der Waals surface area contributed by atoms with Crippen LogP contribution in [0.2, 0.25) is 0 Å². The van der Waals surface area contributed by atoms with Crippen molar-refractivity contribution in [2.45, 2.75) is 44.9 Å². The van der Waals surface area contributed by atoms with Gasteiger partial charge in [0.1, 0.15) is 11.6 Å². The topological polar surface area (TPSA) is 99.4 Å². The summed E-state index contributed by atoms with van der Waals surface area (Å²) >= 11 is 0. The molecule has 0 saturated carbocycles. The lowest BCUT2D eigenvalue weighted by Crippen LogP contribution is -2.43. The lowest BCUT2D eigenvalue weighted by atomic mass is 10.2. The molecular formula is C18H23N5O4. The van der Waals surface area contributed by atoms with Crippen LogP contribution in [0.25, 0.3) is 11.4 Å². The third-order valence-electron chi connectivity index (χ3n) is 4.17. The summed E-state index contributed by atoms with van der Waals surface area (Å²) < 4.78 is 10.3. The number of methoxy groups -OCH3 is 1. The molecule has 1 aliphatic rings. The number of aromatic nitrogens is 4. The SMILES string of the molecule is COC(=O)C1CC(n2nnc(-c3ccccc3)n2)CN1C(=O)OC(C)(C)C. The molecule has 1 aliphatic heterocycles. The normalized spacial score (nSPS) is 19.8. The van der Waals surface area contributed by atoms with Crippen molar-refractivity contribution in [3.63, 3.8) is 0 Å². The maximum Gasteiger partial charge on any atom is 0.411 e. The third-order valence-corrected chi connectivity index (χ3v) is 4.17. The molecule has 1 aromatic carbocycles. The Kier molecular flexibility index (Phi) is 5.11. The summed E-state index contributed by atoms with van der Waals surface area (Å²) in [7, 11) is 1.30. The summed E-state index contributed by atoms with van der Waals surface area (Å²) in [5.74, 6) is -0.00677. The fourth-order valence-corrected chi connectivity index (χ4v) is 2.95. The van der Waals surface area contributed by atoms with Gasteiger partial charge in [-0.3, -0.25) is 4.90 Å². The van der Waals surface area contributed by atoms with E-state index < -0.39 is 23.7 Å². The number of hydrogen-bond acceptors (Lipinski definition) is 7. The Bertz CT molecular complexity index is 815. The number of rotatable bonds is 3. The van der Waals surface area contributed by atoms with Crippen LogP contribution >= 0.6 is 0 Å². The van der Waals surface area contributed by atoms with E-state index in [0.717, 1.165) is 5.56 Å². The van der Waals surface area contributed by atoms with E-state index in [1.807, 2.05) is 30.3 Å². The molecule has 2 atom stereocenters. The van der Waals surface area contributed by atoms with E-state index in [2.05, 4.69) is 15.4 Å². The molecule has 27 heavy (non-hydrogen) atoms. The Balaban J connectivity index is 1.80. The zero-order valence-corrected chi connectivity index (χ0v) is 15.8. The third kappa shape index (κ3) is 4.24. The lowest BCUT2D eigenvalue weighted by molar-refractivity contribution is -0.145. The van der Waals surface area contributed by atoms with Crippen molar-refractivity contribution >= 4 is 12.1 Å². The van der Waals surface area contributed by atoms with Crippen LogP contribution < -0.4 is 0 Å². The van der Waals surface area contributed by atoms with Gasteiger partial charge in [-0.15, -0.1) is 10.2 Å². The number of carbonyl (C=O) groups is 2. The van der Waals surface area contributed by atoms with E-state index in [1.54, 1.807) is 20.8 Å². The van der Waals surface area contributed by atoms with Crippen molar-refractivity contribution in [1.82, 2.24) is 25.1 Å². The molecule has 1 aromatic heterocycles. The van der Waals surface area contributed by atoms with Crippen LogP contribution in [0.3, 0.4) is 0 Å². The van der Waals surface area contributed by atoms with Crippen LogP contribution in [-0.2, 0) is 14.3 Å². The molecule has 1 amide bonds. The summed E-state index contributed by atoms with van der Waals surface area (Å²) in [5.41, 5.74) is 0.178. The molecule has 0 aliphatic carbocycles. The molecule has 1 fully saturated rings. The maximum atomic E-state index is 12.5. The molecule has 0 N–H and O–H groups in total. The standard InChI is InChI=1S/C18H23N5O4/c1-18(2,3)27-17(25)22-11-13(10-14(22)16(24)26-4)23-20-15(19-21-23)12-8-6-5-7-9-12/h5-9,13-14H,10-11H2,1-4H3. The van der Waals surface area contributed by atoms with E-state index in [9.17, 15) is 9.59 Å². The van der Waals surface area contributed by atoms with Crippen LogP contribution in [0.5, 0.6) is 0 Å². The zero-order valence-electron chi connectivity index (χ0n) is 15.8. The molecule has 1 saturated heterocycles. The van der Waals surface area contributed by atoms with Gasteiger partial charge >= 0.3 is 12.1 Å². The van der Waals surface area contributed by atoms with E-state index in [1.165, 1.54) is 16.8 Å². The second-order valence-corrected chi connectivity index (χ2v) is 7.36. The summed E-state index contributed by atoms with van der Waals surface area (Å²) in [4.78, 5) is 27.5. The maximum absolute atomic E-state index is 12.5. The predicted molar refractivity (Wildman–Crippen MR) is 95.7 cm³/mol. The molecule has 0 bridgehead atoms. The lowest BCUT2D eigenvalue weighted by Gasteiger charge is -2.27. The van der Waals surface area contributed by atoms with Crippen molar-refractivity contribution in [2.24, 2.45) is 0 Å². The first-order valence-electron chi connectivity index (χ1n) is 8.71. The van der Waals surface area contributed by atoms with E-state index in [0.29, 0.717) is 12.2 Å². The quantitative estimate of drug-likeness (QED) is 0.759. The van der Waals surface area contributed by atoms with Gasteiger partial charge in [-0.25, -0.2) is 9.59 Å². The van der Waals surface area contributed by atoms with Gasteiger partial charge in [-0.1, -0.05) is 30.3 Å². The Morgan fingerprint density at radius 1 is 1.19 bits per heavy atom. The van der Waals surface area contributed by atoms with Crippen LogP contribution in [0.1, 0.15) is 33.2 Å². The Morgan fingerprint density at radius 3 is 2.52 bits per heavy atom. The second kappa shape index (κ2) is 7.34. The summed E-state index contributed by atoms with van der Waals surface area (Å²) in [6.07, 6.45) is -0.236. The summed E-state index contributed by atoms with van der Waals surface area (Å²) in [6.45, 7) is 5.56. The fraction of sp³-hybridized carbons (Fsp3) is 0.500. The van der Waals surface area contributed by atoms with Gasteiger partial charge in [0.05, 0.1) is 13.2 Å². The van der Waals surface area contributed by atoms with Crippen molar-refractivity contribution in [3.05, 3.63) is 30.3 Å². The number of hydrogen-bond donors (Lipinski definition) is 0. The minimum absolute atomic E-state index is 0.235. The smallest absolute Gasteiger partial charge is 0.411 e. The number of ether oxygens (including phenoxy) is 2. The number of nitrogens with zero attached hydrogens (tertiary/aromatic N) is 5. The minimum Gasteiger partial charge on any atom is -0.467 e. The van der Waals surface area contributed by atoms with Gasteiger partial charge in [0.25, 0.3) is 0 Å². The average molecular weight is 373 g/mol. The van der Waals surface area contributed by atoms with Gasteiger partial charge in [-0.05, 0) is 26.0 Å². The van der Waals surface area contributed by atoms with Crippen molar-refractivity contribution in [1.29, 1.82) is 0 Å². The van der Waals surface area contributed by atoms with Gasteiger partial charge in [0.15, 0.2) is 0 Å². The molecule has 144 valence electrons. The van der Waals surface area contributed by atoms with Crippen molar-refractivity contribution in [3.8, 4) is 11.4 Å². The minimum atomic E-state index is -0.749. The zero-order chi connectivity index (χ0) is 19.6. The highest BCUT2D eigenvalue weighted by Gasteiger charge is 2.43. The number of amides is 1. The number of benzene rings is 1. The average Bonchev–Trinajstić information content (AvgIpc) is 3.27. The highest BCUT2D eigenvalue weighted by molar-refractivity contribution is 5.82. The highest BCUT2D eigenvalue weighted by Crippen LogP contribution is 2.29. The van der Waals surface area contributed by atoms with Crippen LogP contribution in [0, 0.1) is 0 Å². The summed E-state index contributed by atoms with van der Waals surface area (Å²) in [5, 5.41) is 12.6. The van der Waals surface area contributed by atoms with Gasteiger partial charge < -0.3 is 9.47 Å². The Morgan fingerprint density at radius 2 is 1.89 bits per heavy atom. The fourth-order valence-electron chi connectivity index (χ4n) is 2.95. The molecule has 9 nitrogen and oxygen atoms in total. The number of esters is 1. The van der Waals surface area contributed by atoms with E-state index >= 15 is 0 Å². The molecule has 3 rings (SSSR count). The molecule has 0 radical (unpaired) electrons. The molecule has 2 heterocycles. The van der Waals surface area contributed by atoms with Crippen molar-refractivity contribution in [2.75, 3.05) is 13.7 Å². The van der Waals surface area contributed by atoms with Crippen LogP contribution in [0.4, 0.5) is 4.79 Å². The van der Waals surface area contributed by atoms with Crippen LogP contribution in [0.15, 0.2) is 30.3 Å². The highest BCUT2D eigenvalue weighted by atomic mass is 16.6. The Hall–Kier alpha value is -2.97. The van der Waals surface area contributed by atoms with E-state index in [-0.39, 0.29) is 12.6 Å². The summed E-state index contributed by atoms with van der Waals surface area (Å²) in [6, 6.07) is 8.42. The molecule has 9 heteroatoms. The number of tetrazole rings is 1. The second-order valence-electron chi connectivity index (χ2n) is 7.36.